The lowest BCUT2D eigenvalue weighted by Gasteiger charge is -2.04. The van der Waals surface area contributed by atoms with Gasteiger partial charge in [-0.1, -0.05) is 23.1 Å². The summed E-state index contributed by atoms with van der Waals surface area (Å²) in [6.45, 7) is 3.95. The number of nitrogens with one attached hydrogen (secondary N) is 2. The van der Waals surface area contributed by atoms with Gasteiger partial charge in [0.25, 0.3) is 0 Å². The minimum atomic E-state index is -0.952. The molecule has 1 amide bonds. The molecule has 2 rings (SSSR count). The van der Waals surface area contributed by atoms with Gasteiger partial charge >= 0.3 is 5.69 Å². The van der Waals surface area contributed by atoms with E-state index in [0.29, 0.717) is 9.47 Å². The molecule has 0 spiro atoms. The van der Waals surface area contributed by atoms with Gasteiger partial charge in [0.05, 0.1) is 10.7 Å². The van der Waals surface area contributed by atoms with Crippen LogP contribution in [0.2, 0.25) is 0 Å². The third-order valence-electron chi connectivity index (χ3n) is 2.57. The minimum Gasteiger partial charge on any atom is -0.358 e. The molecule has 0 fully saturated rings. The van der Waals surface area contributed by atoms with Gasteiger partial charge in [-0.2, -0.15) is 4.39 Å². The number of nitrogens with zero attached hydrogens (tertiary/aromatic N) is 3. The lowest BCUT2D eigenvalue weighted by molar-refractivity contribution is -0.387. The molecule has 2 N–H and O–H groups in total. The van der Waals surface area contributed by atoms with Crippen LogP contribution >= 0.6 is 23.1 Å². The molecule has 0 radical (unpaired) electrons. The average Bonchev–Trinajstić information content (AvgIpc) is 2.93. The molecule has 0 aliphatic carbocycles. The van der Waals surface area contributed by atoms with Gasteiger partial charge in [-0.3, -0.25) is 14.9 Å². The molecular formula is C13H14FN5O3S2. The normalized spacial score (nSPS) is 10.7. The Balaban J connectivity index is 1.90. The van der Waals surface area contributed by atoms with Crippen molar-refractivity contribution in [2.24, 2.45) is 0 Å². The highest BCUT2D eigenvalue weighted by Crippen LogP contribution is 2.26. The van der Waals surface area contributed by atoms with E-state index in [-0.39, 0.29) is 23.4 Å². The number of halogens is 1. The number of rotatable bonds is 7. The molecule has 0 bridgehead atoms. The molecule has 0 unspecified atom stereocenters. The number of nitro benzene ring substituents is 1. The number of hydrogen-bond acceptors (Lipinski definition) is 8. The van der Waals surface area contributed by atoms with Crippen molar-refractivity contribution in [2.75, 3.05) is 16.4 Å². The summed E-state index contributed by atoms with van der Waals surface area (Å²) in [7, 11) is 0. The number of carbonyl (C=O) groups is 1. The Morgan fingerprint density at radius 1 is 1.46 bits per heavy atom. The first-order chi connectivity index (χ1) is 11.3. The van der Waals surface area contributed by atoms with Gasteiger partial charge in [0.15, 0.2) is 4.34 Å². The van der Waals surface area contributed by atoms with Crippen molar-refractivity contribution in [1.82, 2.24) is 10.2 Å². The molecule has 0 saturated carbocycles. The van der Waals surface area contributed by atoms with Crippen LogP contribution in [0.3, 0.4) is 0 Å². The maximum atomic E-state index is 13.2. The maximum Gasteiger partial charge on any atom is 0.306 e. The lowest BCUT2D eigenvalue weighted by atomic mass is 10.2. The maximum absolute atomic E-state index is 13.2. The lowest BCUT2D eigenvalue weighted by Crippen LogP contribution is -2.14. The van der Waals surface area contributed by atoms with Crippen LogP contribution in [0.5, 0.6) is 0 Å². The van der Waals surface area contributed by atoms with Gasteiger partial charge in [-0.15, -0.1) is 10.2 Å². The molecule has 0 aliphatic rings. The topological polar surface area (TPSA) is 110 Å². The Morgan fingerprint density at radius 3 is 2.88 bits per heavy atom. The summed E-state index contributed by atoms with van der Waals surface area (Å²) in [6.07, 6.45) is 0. The monoisotopic (exact) mass is 371 g/mol. The van der Waals surface area contributed by atoms with Crippen molar-refractivity contribution in [2.45, 2.75) is 24.2 Å². The van der Waals surface area contributed by atoms with E-state index < -0.39 is 16.4 Å². The molecule has 0 aliphatic heterocycles. The number of hydrogen-bond donors (Lipinski definition) is 2. The Labute approximate surface area is 145 Å². The second kappa shape index (κ2) is 8.02. The number of amides is 1. The highest BCUT2D eigenvalue weighted by atomic mass is 32.2. The summed E-state index contributed by atoms with van der Waals surface area (Å²) in [5, 5.41) is 24.8. The van der Waals surface area contributed by atoms with E-state index in [1.807, 2.05) is 13.8 Å². The third kappa shape index (κ3) is 5.13. The second-order valence-electron chi connectivity index (χ2n) is 4.93. The van der Waals surface area contributed by atoms with E-state index >= 15 is 0 Å². The molecule has 2 aromatic rings. The van der Waals surface area contributed by atoms with Crippen molar-refractivity contribution in [1.29, 1.82) is 0 Å². The summed E-state index contributed by atoms with van der Waals surface area (Å²) in [5.74, 6) is -1.28. The largest absolute Gasteiger partial charge is 0.358 e. The second-order valence-corrected chi connectivity index (χ2v) is 7.13. The fourth-order valence-electron chi connectivity index (χ4n) is 1.63. The van der Waals surface area contributed by atoms with Gasteiger partial charge < -0.3 is 10.6 Å². The van der Waals surface area contributed by atoms with Gasteiger partial charge in [0.1, 0.15) is 0 Å². The van der Waals surface area contributed by atoms with Gasteiger partial charge in [0.2, 0.25) is 16.9 Å². The first kappa shape index (κ1) is 18.1. The number of aromatic nitrogens is 2. The molecule has 11 heteroatoms. The number of benzene rings is 1. The van der Waals surface area contributed by atoms with Crippen molar-refractivity contribution < 1.29 is 14.1 Å². The molecule has 0 saturated heterocycles. The average molecular weight is 371 g/mol. The Bertz CT molecular complexity index is 753. The summed E-state index contributed by atoms with van der Waals surface area (Å²) in [6, 6.07) is 3.41. The summed E-state index contributed by atoms with van der Waals surface area (Å²) >= 11 is 2.52. The van der Waals surface area contributed by atoms with Crippen LogP contribution in [0.25, 0.3) is 0 Å². The standard InChI is InChI=1S/C13H14FN5O3S2/c1-7(2)15-12-17-18-13(24-12)23-6-11(20)16-8-3-4-9(14)10(5-8)19(21)22/h3-5,7H,6H2,1-2H3,(H,15,17)(H,16,20). The number of nitro groups is 1. The fraction of sp³-hybridized carbons (Fsp3) is 0.308. The van der Waals surface area contributed by atoms with Crippen molar-refractivity contribution in [3.8, 4) is 0 Å². The van der Waals surface area contributed by atoms with Crippen LogP contribution in [0.4, 0.5) is 20.9 Å². The van der Waals surface area contributed by atoms with Crippen molar-refractivity contribution in [3.63, 3.8) is 0 Å². The first-order valence-electron chi connectivity index (χ1n) is 6.82. The molecule has 8 nitrogen and oxygen atoms in total. The Hall–Kier alpha value is -2.27. The third-order valence-corrected chi connectivity index (χ3v) is 4.56. The molecule has 24 heavy (non-hydrogen) atoms. The zero-order chi connectivity index (χ0) is 17.7. The van der Waals surface area contributed by atoms with E-state index in [1.54, 1.807) is 0 Å². The fourth-order valence-corrected chi connectivity index (χ4v) is 3.33. The number of carbonyl (C=O) groups excluding carboxylic acids is 1. The highest BCUT2D eigenvalue weighted by molar-refractivity contribution is 8.01. The first-order valence-corrected chi connectivity index (χ1v) is 8.62. The van der Waals surface area contributed by atoms with Crippen LogP contribution < -0.4 is 10.6 Å². The predicted molar refractivity (Wildman–Crippen MR) is 91.1 cm³/mol. The summed E-state index contributed by atoms with van der Waals surface area (Å²) in [5.41, 5.74) is -0.526. The van der Waals surface area contributed by atoms with Crippen LogP contribution in [0, 0.1) is 15.9 Å². The van der Waals surface area contributed by atoms with E-state index in [4.69, 9.17) is 0 Å². The molecule has 0 atom stereocenters. The van der Waals surface area contributed by atoms with E-state index in [1.165, 1.54) is 29.2 Å². The quantitative estimate of drug-likeness (QED) is 0.437. The Kier molecular flexibility index (Phi) is 6.04. The van der Waals surface area contributed by atoms with Crippen LogP contribution in [-0.4, -0.2) is 32.8 Å². The smallest absolute Gasteiger partial charge is 0.306 e. The van der Waals surface area contributed by atoms with Crippen LogP contribution in [0.1, 0.15) is 13.8 Å². The van der Waals surface area contributed by atoms with E-state index in [9.17, 15) is 19.3 Å². The number of anilines is 2. The zero-order valence-electron chi connectivity index (χ0n) is 12.8. The summed E-state index contributed by atoms with van der Waals surface area (Å²) < 4.78 is 13.9. The predicted octanol–water partition coefficient (Wildman–Crippen LogP) is 3.14. The molecule has 1 aromatic heterocycles. The summed E-state index contributed by atoms with van der Waals surface area (Å²) in [4.78, 5) is 21.7. The van der Waals surface area contributed by atoms with Crippen LogP contribution in [0.15, 0.2) is 22.5 Å². The van der Waals surface area contributed by atoms with Crippen molar-refractivity contribution >= 4 is 45.5 Å². The van der Waals surface area contributed by atoms with Crippen LogP contribution in [-0.2, 0) is 4.79 Å². The van der Waals surface area contributed by atoms with Gasteiger partial charge in [0, 0.05) is 17.8 Å². The van der Waals surface area contributed by atoms with E-state index in [0.717, 1.165) is 12.1 Å². The molecule has 1 heterocycles. The van der Waals surface area contributed by atoms with Crippen molar-refractivity contribution in [3.05, 3.63) is 34.1 Å². The SMILES string of the molecule is CC(C)Nc1nnc(SCC(=O)Nc2ccc(F)c([N+](=O)[O-])c2)s1. The zero-order valence-corrected chi connectivity index (χ0v) is 14.4. The molecular weight excluding hydrogens is 357 g/mol. The Morgan fingerprint density at radius 2 is 2.21 bits per heavy atom. The highest BCUT2D eigenvalue weighted by Gasteiger charge is 2.15. The van der Waals surface area contributed by atoms with Gasteiger partial charge in [-0.05, 0) is 26.0 Å². The van der Waals surface area contributed by atoms with E-state index in [2.05, 4.69) is 20.8 Å². The number of thioether (sulfide) groups is 1. The molecule has 1 aromatic carbocycles. The minimum absolute atomic E-state index is 0.0570. The van der Waals surface area contributed by atoms with Gasteiger partial charge in [-0.25, -0.2) is 0 Å². The molecule has 128 valence electrons.